The highest BCUT2D eigenvalue weighted by Crippen LogP contribution is 2.28. The van der Waals surface area contributed by atoms with Gasteiger partial charge in [-0.2, -0.15) is 0 Å². The number of H-pyrrole nitrogens is 1. The van der Waals surface area contributed by atoms with E-state index in [4.69, 9.17) is 15.6 Å². The number of hydrogen-bond acceptors (Lipinski definition) is 7. The summed E-state index contributed by atoms with van der Waals surface area (Å²) in [5, 5.41) is 14.6. The van der Waals surface area contributed by atoms with Crippen LogP contribution in [0.5, 0.6) is 5.75 Å². The van der Waals surface area contributed by atoms with Crippen LogP contribution in [0.2, 0.25) is 0 Å². The quantitative estimate of drug-likeness (QED) is 0.275. The summed E-state index contributed by atoms with van der Waals surface area (Å²) in [6.45, 7) is 2.02. The van der Waals surface area contributed by atoms with Crippen molar-refractivity contribution >= 4 is 34.5 Å². The number of amides is 2. The van der Waals surface area contributed by atoms with Gasteiger partial charge in [-0.3, -0.25) is 9.59 Å². The lowest BCUT2D eigenvalue weighted by molar-refractivity contribution is -0.118. The predicted molar refractivity (Wildman–Crippen MR) is 132 cm³/mol. The number of rotatable bonds is 5. The van der Waals surface area contributed by atoms with Gasteiger partial charge in [0.2, 0.25) is 0 Å². The van der Waals surface area contributed by atoms with E-state index in [0.717, 1.165) is 17.5 Å². The Morgan fingerprint density at radius 3 is 2.68 bits per heavy atom. The highest BCUT2D eigenvalue weighted by Gasteiger charge is 2.20. The maximum Gasteiger partial charge on any atom is 0.339 e. The number of benzene rings is 2. The molecule has 5 rings (SSSR count). The number of carboxylic acids is 1. The summed E-state index contributed by atoms with van der Waals surface area (Å²) in [6.07, 6.45) is 2.41. The Kier molecular flexibility index (Phi) is 7.39. The van der Waals surface area contributed by atoms with Crippen molar-refractivity contribution in [1.82, 2.24) is 20.3 Å². The number of carboxylic acid groups (broad SMARTS) is 1. The first kappa shape index (κ1) is 25.3. The van der Waals surface area contributed by atoms with Crippen LogP contribution in [0.1, 0.15) is 44.9 Å². The van der Waals surface area contributed by atoms with Crippen LogP contribution >= 0.6 is 0 Å². The summed E-state index contributed by atoms with van der Waals surface area (Å²) in [7, 11) is 0. The molecule has 0 bridgehead atoms. The normalized spacial score (nSPS) is 12.9. The number of halogens is 1. The number of fused-ring (bicyclic) bond motifs is 2. The van der Waals surface area contributed by atoms with E-state index in [2.05, 4.69) is 25.6 Å². The Hall–Kier alpha value is -4.84. The summed E-state index contributed by atoms with van der Waals surface area (Å²) in [4.78, 5) is 45.7. The van der Waals surface area contributed by atoms with Crippen LogP contribution in [0.3, 0.4) is 0 Å². The van der Waals surface area contributed by atoms with Crippen molar-refractivity contribution in [1.29, 1.82) is 0 Å². The molecule has 190 valence electrons. The molecule has 2 amide bonds. The molecule has 0 unspecified atom stereocenters. The Bertz CT molecular complexity index is 1470. The van der Waals surface area contributed by atoms with Crippen LogP contribution in [0.4, 0.5) is 10.1 Å². The number of carbonyl (C=O) groups is 3. The van der Waals surface area contributed by atoms with E-state index in [0.29, 0.717) is 11.4 Å². The van der Waals surface area contributed by atoms with Gasteiger partial charge in [0.1, 0.15) is 29.0 Å². The molecule has 0 radical (unpaired) electrons. The third kappa shape index (κ3) is 5.87. The van der Waals surface area contributed by atoms with Crippen molar-refractivity contribution in [2.45, 2.75) is 19.5 Å². The maximum atomic E-state index is 12.5. The number of anilines is 1. The molecule has 1 aliphatic rings. The molecule has 2 aromatic heterocycles. The molecule has 4 aromatic rings. The van der Waals surface area contributed by atoms with Gasteiger partial charge in [0.25, 0.3) is 11.8 Å². The first-order valence-electron chi connectivity index (χ1n) is 11.1. The molecule has 1 aliphatic heterocycles. The summed E-state index contributed by atoms with van der Waals surface area (Å²) >= 11 is 0. The van der Waals surface area contributed by atoms with Crippen LogP contribution in [-0.2, 0) is 11.3 Å². The first-order valence-corrected chi connectivity index (χ1v) is 11.1. The SMILES string of the molecule is C[C@H](N)c1ccc(F)cc1.O=C1COc2ccc(CNC(=O)c3ncnc4c(C(=O)O)c[nH]c34)cc2N1. The van der Waals surface area contributed by atoms with Crippen molar-refractivity contribution in [3.05, 3.63) is 83.2 Å². The standard InChI is InChI=1S/C17H13N5O5.C8H10FN/c23-12-6-27-11-2-1-8(3-10(11)22-12)4-19-16(24)15-14-13(20-7-21-15)9(5-18-14)17(25)26;1-6(10)7-2-4-8(9)5-3-7/h1-3,5,7,18H,4,6H2,(H,19,24)(H,22,23)(H,25,26);2-6H,10H2,1H3/t;6-/m.0/s1. The van der Waals surface area contributed by atoms with Gasteiger partial charge in [0, 0.05) is 18.8 Å². The van der Waals surface area contributed by atoms with E-state index >= 15 is 0 Å². The highest BCUT2D eigenvalue weighted by atomic mass is 19.1. The Morgan fingerprint density at radius 1 is 1.22 bits per heavy atom. The number of aromatic amines is 1. The number of carbonyl (C=O) groups excluding carboxylic acids is 2. The fourth-order valence-electron chi connectivity index (χ4n) is 3.55. The van der Waals surface area contributed by atoms with E-state index in [-0.39, 0.29) is 53.2 Å². The Labute approximate surface area is 209 Å². The molecule has 6 N–H and O–H groups in total. The second-order valence-electron chi connectivity index (χ2n) is 8.14. The van der Waals surface area contributed by atoms with Crippen molar-refractivity contribution in [2.75, 3.05) is 11.9 Å². The van der Waals surface area contributed by atoms with Crippen molar-refractivity contribution < 1.29 is 28.6 Å². The second kappa shape index (κ2) is 10.8. The average Bonchev–Trinajstić information content (AvgIpc) is 3.32. The van der Waals surface area contributed by atoms with Crippen LogP contribution in [0, 0.1) is 5.82 Å². The fraction of sp³-hybridized carbons (Fsp3) is 0.160. The van der Waals surface area contributed by atoms with Crippen LogP contribution < -0.4 is 21.1 Å². The monoisotopic (exact) mass is 506 g/mol. The van der Waals surface area contributed by atoms with Gasteiger partial charge in [-0.05, 0) is 42.3 Å². The second-order valence-corrected chi connectivity index (χ2v) is 8.14. The topological polar surface area (TPSA) is 172 Å². The molecule has 3 heterocycles. The van der Waals surface area contributed by atoms with Crippen molar-refractivity contribution in [2.24, 2.45) is 5.73 Å². The Balaban J connectivity index is 0.000000270. The van der Waals surface area contributed by atoms with E-state index < -0.39 is 11.9 Å². The first-order chi connectivity index (χ1) is 17.7. The molecular weight excluding hydrogens is 483 g/mol. The lowest BCUT2D eigenvalue weighted by atomic mass is 10.1. The lowest BCUT2D eigenvalue weighted by Crippen LogP contribution is -2.26. The smallest absolute Gasteiger partial charge is 0.339 e. The molecule has 0 saturated carbocycles. The van der Waals surface area contributed by atoms with Crippen molar-refractivity contribution in [3.8, 4) is 5.75 Å². The van der Waals surface area contributed by atoms with Gasteiger partial charge < -0.3 is 31.2 Å². The number of nitrogens with zero attached hydrogens (tertiary/aromatic N) is 2. The van der Waals surface area contributed by atoms with E-state index in [9.17, 15) is 18.8 Å². The van der Waals surface area contributed by atoms with Gasteiger partial charge >= 0.3 is 5.97 Å². The van der Waals surface area contributed by atoms with Gasteiger partial charge in [-0.25, -0.2) is 19.2 Å². The lowest BCUT2D eigenvalue weighted by Gasteiger charge is -2.18. The molecule has 1 atom stereocenters. The molecule has 12 heteroatoms. The summed E-state index contributed by atoms with van der Waals surface area (Å²) in [6, 6.07) is 11.4. The molecular formula is C25H23FN6O5. The zero-order chi connectivity index (χ0) is 26.5. The maximum absolute atomic E-state index is 12.5. The van der Waals surface area contributed by atoms with Gasteiger partial charge in [-0.15, -0.1) is 0 Å². The predicted octanol–water partition coefficient (Wildman–Crippen LogP) is 2.76. The summed E-state index contributed by atoms with van der Waals surface area (Å²) in [5.74, 6) is -1.53. The Morgan fingerprint density at radius 2 is 1.97 bits per heavy atom. The number of nitrogens with two attached hydrogens (primary N) is 1. The molecule has 0 saturated heterocycles. The van der Waals surface area contributed by atoms with E-state index in [1.807, 2.05) is 6.92 Å². The fourth-order valence-corrected chi connectivity index (χ4v) is 3.55. The summed E-state index contributed by atoms with van der Waals surface area (Å²) in [5.41, 5.74) is 8.21. The van der Waals surface area contributed by atoms with E-state index in [1.54, 1.807) is 30.3 Å². The molecule has 0 aliphatic carbocycles. The minimum Gasteiger partial charge on any atom is -0.482 e. The average molecular weight is 506 g/mol. The number of aromatic nitrogens is 3. The number of ether oxygens (including phenoxy) is 1. The summed E-state index contributed by atoms with van der Waals surface area (Å²) < 4.78 is 17.6. The van der Waals surface area contributed by atoms with Gasteiger partial charge in [0.15, 0.2) is 12.3 Å². The largest absolute Gasteiger partial charge is 0.482 e. The number of nitrogens with one attached hydrogen (secondary N) is 3. The minimum absolute atomic E-state index is 0.0133. The number of hydrogen-bond donors (Lipinski definition) is 5. The molecule has 2 aromatic carbocycles. The van der Waals surface area contributed by atoms with Crippen LogP contribution in [0.25, 0.3) is 11.0 Å². The van der Waals surface area contributed by atoms with Gasteiger partial charge in [0.05, 0.1) is 11.2 Å². The molecule has 37 heavy (non-hydrogen) atoms. The molecule has 0 fully saturated rings. The van der Waals surface area contributed by atoms with Crippen LogP contribution in [0.15, 0.2) is 55.0 Å². The highest BCUT2D eigenvalue weighted by molar-refractivity contribution is 6.08. The minimum atomic E-state index is -1.15. The third-order valence-electron chi connectivity index (χ3n) is 5.43. The zero-order valence-corrected chi connectivity index (χ0v) is 19.6. The van der Waals surface area contributed by atoms with Crippen molar-refractivity contribution in [3.63, 3.8) is 0 Å². The number of aromatic carboxylic acids is 1. The van der Waals surface area contributed by atoms with Crippen LogP contribution in [-0.4, -0.2) is 44.4 Å². The molecule has 0 spiro atoms. The zero-order valence-electron chi connectivity index (χ0n) is 19.6. The van der Waals surface area contributed by atoms with Gasteiger partial charge in [-0.1, -0.05) is 18.2 Å². The third-order valence-corrected chi connectivity index (χ3v) is 5.43. The van der Waals surface area contributed by atoms with E-state index in [1.165, 1.54) is 18.3 Å². The molecule has 11 nitrogen and oxygen atoms in total.